The fraction of sp³-hybridized carbons (Fsp3) is 0.214. The first-order chi connectivity index (χ1) is 11.4. The Labute approximate surface area is 139 Å². The van der Waals surface area contributed by atoms with Crippen molar-refractivity contribution in [2.24, 2.45) is 0 Å². The topological polar surface area (TPSA) is 129 Å². The SMILES string of the molecule is CC(=O)NCc1ccc(C(=O)COC(=O)c2ccc([N+](=O)[O-])o2)s1. The Kier molecular flexibility index (Phi) is 5.42. The summed E-state index contributed by atoms with van der Waals surface area (Å²) in [6.45, 7) is 1.18. The Morgan fingerprint density at radius 1 is 1.29 bits per heavy atom. The summed E-state index contributed by atoms with van der Waals surface area (Å²) in [5, 5.41) is 13.1. The normalized spacial score (nSPS) is 10.2. The molecule has 0 fully saturated rings. The minimum Gasteiger partial charge on any atom is -0.451 e. The Hall–Kier alpha value is -3.01. The van der Waals surface area contributed by atoms with Gasteiger partial charge in [-0.25, -0.2) is 4.79 Å². The number of carbonyl (C=O) groups is 3. The number of furan rings is 1. The second-order valence-electron chi connectivity index (χ2n) is 4.57. The lowest BCUT2D eigenvalue weighted by Gasteiger charge is -2.00. The molecule has 0 spiro atoms. The van der Waals surface area contributed by atoms with E-state index in [0.29, 0.717) is 11.4 Å². The van der Waals surface area contributed by atoms with E-state index >= 15 is 0 Å². The molecule has 0 aliphatic heterocycles. The third-order valence-electron chi connectivity index (χ3n) is 2.76. The molecule has 0 aliphatic rings. The van der Waals surface area contributed by atoms with Crippen LogP contribution in [0.4, 0.5) is 5.88 Å². The highest BCUT2D eigenvalue weighted by Crippen LogP contribution is 2.18. The summed E-state index contributed by atoms with van der Waals surface area (Å²) < 4.78 is 9.46. The molecule has 0 saturated carbocycles. The van der Waals surface area contributed by atoms with Crippen LogP contribution in [0.5, 0.6) is 0 Å². The molecule has 0 radical (unpaired) electrons. The summed E-state index contributed by atoms with van der Waals surface area (Å²) in [5.74, 6) is -2.52. The fourth-order valence-corrected chi connectivity index (χ4v) is 2.51. The second kappa shape index (κ2) is 7.51. The monoisotopic (exact) mass is 352 g/mol. The first kappa shape index (κ1) is 17.3. The van der Waals surface area contributed by atoms with Gasteiger partial charge < -0.3 is 14.5 Å². The largest absolute Gasteiger partial charge is 0.451 e. The standard InChI is InChI=1S/C14H12N2O7S/c1-8(17)15-6-9-2-4-12(24-9)10(18)7-22-14(19)11-3-5-13(23-11)16(20)21/h2-5H,6-7H2,1H3,(H,15,17). The predicted octanol–water partition coefficient (Wildman–Crippen LogP) is 1.93. The molecule has 9 nitrogen and oxygen atoms in total. The average Bonchev–Trinajstić information content (AvgIpc) is 3.19. The van der Waals surface area contributed by atoms with Crippen LogP contribution in [0.15, 0.2) is 28.7 Å². The number of Topliss-reactive ketones (excluding diaryl/α,β-unsaturated/α-hetero) is 1. The van der Waals surface area contributed by atoms with Crippen LogP contribution >= 0.6 is 11.3 Å². The van der Waals surface area contributed by atoms with Gasteiger partial charge in [0.1, 0.15) is 4.92 Å². The first-order valence-electron chi connectivity index (χ1n) is 6.64. The minimum absolute atomic E-state index is 0.183. The Morgan fingerprint density at radius 2 is 2.04 bits per heavy atom. The van der Waals surface area contributed by atoms with Crippen LogP contribution in [0.3, 0.4) is 0 Å². The summed E-state index contributed by atoms with van der Waals surface area (Å²) in [4.78, 5) is 45.3. The fourth-order valence-electron chi connectivity index (χ4n) is 1.64. The number of hydrogen-bond acceptors (Lipinski definition) is 8. The maximum Gasteiger partial charge on any atom is 0.433 e. The zero-order valence-electron chi connectivity index (χ0n) is 12.4. The van der Waals surface area contributed by atoms with E-state index in [2.05, 4.69) is 9.73 Å². The van der Waals surface area contributed by atoms with E-state index in [1.54, 1.807) is 12.1 Å². The molecule has 10 heteroatoms. The number of ether oxygens (including phenoxy) is 1. The number of nitrogens with one attached hydrogen (secondary N) is 1. The van der Waals surface area contributed by atoms with Gasteiger partial charge in [-0.05, 0) is 18.2 Å². The summed E-state index contributed by atoms with van der Waals surface area (Å²) >= 11 is 1.17. The number of amides is 1. The molecule has 0 atom stereocenters. The molecule has 0 aromatic carbocycles. The van der Waals surface area contributed by atoms with Gasteiger partial charge in [0.15, 0.2) is 6.61 Å². The highest BCUT2D eigenvalue weighted by molar-refractivity contribution is 7.14. The number of esters is 1. The minimum atomic E-state index is -0.966. The van der Waals surface area contributed by atoms with Gasteiger partial charge >= 0.3 is 11.9 Å². The van der Waals surface area contributed by atoms with Gasteiger partial charge in [0.2, 0.25) is 17.5 Å². The molecule has 2 aromatic rings. The van der Waals surface area contributed by atoms with Crippen molar-refractivity contribution in [1.82, 2.24) is 5.32 Å². The van der Waals surface area contributed by atoms with Crippen LogP contribution in [0, 0.1) is 10.1 Å². The summed E-state index contributed by atoms with van der Waals surface area (Å²) in [6, 6.07) is 5.37. The highest BCUT2D eigenvalue weighted by Gasteiger charge is 2.20. The van der Waals surface area contributed by atoms with Gasteiger partial charge in [-0.3, -0.25) is 19.7 Å². The Bertz CT molecular complexity index is 793. The number of hydrogen-bond donors (Lipinski definition) is 1. The number of thiophene rings is 1. The van der Waals surface area contributed by atoms with Crippen LogP contribution < -0.4 is 5.32 Å². The Morgan fingerprint density at radius 3 is 2.67 bits per heavy atom. The van der Waals surface area contributed by atoms with Crippen molar-refractivity contribution in [3.05, 3.63) is 49.9 Å². The average molecular weight is 352 g/mol. The van der Waals surface area contributed by atoms with Crippen molar-refractivity contribution < 1.29 is 28.5 Å². The summed E-state index contributed by atoms with van der Waals surface area (Å²) in [7, 11) is 0. The van der Waals surface area contributed by atoms with Crippen LogP contribution in [0.2, 0.25) is 0 Å². The van der Waals surface area contributed by atoms with E-state index in [-0.39, 0.29) is 11.7 Å². The maximum absolute atomic E-state index is 12.0. The van der Waals surface area contributed by atoms with Gasteiger partial charge in [-0.1, -0.05) is 0 Å². The van der Waals surface area contributed by atoms with Gasteiger partial charge in [0.25, 0.3) is 0 Å². The molecule has 0 saturated heterocycles. The molecule has 2 rings (SSSR count). The molecule has 2 aromatic heterocycles. The number of nitro groups is 1. The van der Waals surface area contributed by atoms with E-state index in [0.717, 1.165) is 17.0 Å². The molecule has 24 heavy (non-hydrogen) atoms. The van der Waals surface area contributed by atoms with Crippen LogP contribution in [0.25, 0.3) is 0 Å². The summed E-state index contributed by atoms with van der Waals surface area (Å²) in [6.07, 6.45) is 0. The van der Waals surface area contributed by atoms with Crippen molar-refractivity contribution >= 4 is 34.9 Å². The van der Waals surface area contributed by atoms with Crippen LogP contribution in [-0.4, -0.2) is 29.2 Å². The van der Waals surface area contributed by atoms with E-state index < -0.39 is 29.2 Å². The lowest BCUT2D eigenvalue weighted by molar-refractivity contribution is -0.402. The third kappa shape index (κ3) is 4.49. The predicted molar refractivity (Wildman–Crippen MR) is 81.8 cm³/mol. The van der Waals surface area contributed by atoms with Gasteiger partial charge in [0.05, 0.1) is 17.5 Å². The Balaban J connectivity index is 1.89. The van der Waals surface area contributed by atoms with Crippen molar-refractivity contribution in [3.63, 3.8) is 0 Å². The highest BCUT2D eigenvalue weighted by atomic mass is 32.1. The van der Waals surface area contributed by atoms with Crippen molar-refractivity contribution in [3.8, 4) is 0 Å². The zero-order valence-corrected chi connectivity index (χ0v) is 13.3. The lowest BCUT2D eigenvalue weighted by Crippen LogP contribution is -2.18. The number of carbonyl (C=O) groups excluding carboxylic acids is 3. The maximum atomic E-state index is 12.0. The van der Waals surface area contributed by atoms with Crippen molar-refractivity contribution in [2.75, 3.05) is 6.61 Å². The van der Waals surface area contributed by atoms with E-state index in [1.165, 1.54) is 18.3 Å². The van der Waals surface area contributed by atoms with Crippen molar-refractivity contribution in [1.29, 1.82) is 0 Å². The smallest absolute Gasteiger partial charge is 0.433 e. The second-order valence-corrected chi connectivity index (χ2v) is 5.74. The molecule has 0 aliphatic carbocycles. The number of ketones is 1. The van der Waals surface area contributed by atoms with Crippen LogP contribution in [-0.2, 0) is 16.1 Å². The van der Waals surface area contributed by atoms with Crippen molar-refractivity contribution in [2.45, 2.75) is 13.5 Å². The molecule has 0 unspecified atom stereocenters. The van der Waals surface area contributed by atoms with Gasteiger partial charge in [-0.15, -0.1) is 11.3 Å². The zero-order chi connectivity index (χ0) is 17.7. The molecular weight excluding hydrogens is 340 g/mol. The van der Waals surface area contributed by atoms with E-state index in [9.17, 15) is 24.5 Å². The van der Waals surface area contributed by atoms with Crippen LogP contribution in [0.1, 0.15) is 32.0 Å². The quantitative estimate of drug-likeness (QED) is 0.349. The first-order valence-corrected chi connectivity index (χ1v) is 7.46. The molecule has 0 bridgehead atoms. The third-order valence-corrected chi connectivity index (χ3v) is 3.88. The van der Waals surface area contributed by atoms with E-state index in [1.807, 2.05) is 0 Å². The van der Waals surface area contributed by atoms with E-state index in [4.69, 9.17) is 4.74 Å². The molecule has 126 valence electrons. The van der Waals surface area contributed by atoms with Gasteiger partial charge in [-0.2, -0.15) is 0 Å². The molecule has 2 heterocycles. The molecular formula is C14H12N2O7S. The lowest BCUT2D eigenvalue weighted by atomic mass is 10.3. The molecule has 1 N–H and O–H groups in total. The number of nitrogens with zero attached hydrogens (tertiary/aromatic N) is 1. The summed E-state index contributed by atoms with van der Waals surface area (Å²) in [5.41, 5.74) is 0. The van der Waals surface area contributed by atoms with Gasteiger partial charge in [0, 0.05) is 11.8 Å². The molecule has 1 amide bonds. The number of rotatable bonds is 7.